The Kier molecular flexibility index (Phi) is 11.2. The van der Waals surface area contributed by atoms with Gasteiger partial charge in [0.1, 0.15) is 23.4 Å². The van der Waals surface area contributed by atoms with Gasteiger partial charge in [0.15, 0.2) is 5.78 Å². The molecule has 11 heteroatoms. The number of hydrogen-bond donors (Lipinski definition) is 5. The number of ether oxygens (including phenoxy) is 2. The SMILES string of the molecule is CC(=O)O[C@@H](C1[C@]2(O)CO[C@@H]2C[C@H](O)[C@@]1(C)C(=O)[C@@H](C)O)[C@]1(O)C[C@H](O)C(C)=CC1(C)C.[Ac].[Ac]. The van der Waals surface area contributed by atoms with Crippen molar-refractivity contribution in [3.8, 4) is 0 Å². The first-order valence-corrected chi connectivity index (χ1v) is 11.0. The maximum atomic E-state index is 13.3. The first kappa shape index (κ1) is 33.6. The Morgan fingerprint density at radius 1 is 1.18 bits per heavy atom. The molecule has 2 aliphatic carbocycles. The number of carbonyl (C=O) groups excluding carboxylic acids is 2. The molecule has 1 unspecified atom stereocenters. The quantitative estimate of drug-likeness (QED) is 0.188. The van der Waals surface area contributed by atoms with Crippen LogP contribution in [0, 0.1) is 105 Å². The van der Waals surface area contributed by atoms with Crippen LogP contribution >= 0.6 is 0 Å². The molecule has 0 amide bonds. The Hall–Kier alpha value is 1.52. The van der Waals surface area contributed by atoms with E-state index in [0.717, 1.165) is 6.92 Å². The second kappa shape index (κ2) is 11.3. The van der Waals surface area contributed by atoms with E-state index in [0.29, 0.717) is 5.57 Å². The molecule has 3 aliphatic rings. The van der Waals surface area contributed by atoms with Gasteiger partial charge in [-0.1, -0.05) is 19.9 Å². The van der Waals surface area contributed by atoms with Crippen molar-refractivity contribution in [1.29, 1.82) is 0 Å². The molecule has 34 heavy (non-hydrogen) atoms. The molecule has 0 bridgehead atoms. The Balaban J connectivity index is 0.00000289. The number of Topliss-reactive ketones (excluding diaryl/α,β-unsaturated/α-hetero) is 1. The van der Waals surface area contributed by atoms with E-state index in [2.05, 4.69) is 0 Å². The summed E-state index contributed by atoms with van der Waals surface area (Å²) >= 11 is 0. The van der Waals surface area contributed by atoms with Gasteiger partial charge in [-0.3, -0.25) is 9.59 Å². The summed E-state index contributed by atoms with van der Waals surface area (Å²) in [4.78, 5) is 25.5. The number of esters is 1. The van der Waals surface area contributed by atoms with Gasteiger partial charge in [-0.2, -0.15) is 0 Å². The molecule has 9 nitrogen and oxygen atoms in total. The summed E-state index contributed by atoms with van der Waals surface area (Å²) in [6, 6.07) is 0. The number of aliphatic hydroxyl groups excluding tert-OH is 3. The van der Waals surface area contributed by atoms with Crippen molar-refractivity contribution in [3.63, 3.8) is 0 Å². The molecular formula is C23H36Ac2O9. The fourth-order valence-corrected chi connectivity index (χ4v) is 6.06. The molecule has 0 spiro atoms. The van der Waals surface area contributed by atoms with E-state index in [9.17, 15) is 35.1 Å². The maximum Gasteiger partial charge on any atom is 0.303 e. The van der Waals surface area contributed by atoms with Gasteiger partial charge in [0.05, 0.1) is 30.3 Å². The minimum absolute atomic E-state index is 0. The molecule has 1 saturated carbocycles. The van der Waals surface area contributed by atoms with Crippen LogP contribution in [-0.2, 0) is 19.1 Å². The molecular weight excluding hydrogens is 874 g/mol. The maximum absolute atomic E-state index is 13.3. The van der Waals surface area contributed by atoms with Gasteiger partial charge in [-0.05, 0) is 26.3 Å². The first-order valence-electron chi connectivity index (χ1n) is 11.0. The number of ketones is 1. The standard InChI is InChI=1S/C23H36O9.2Ac/c1-11-8-20(4,5)23(30,9-14(11)26)19(32-13(3)25)17-21(6,18(28)12(2)24)15(27)7-16-22(17,29)10-31-16;;/h8,12,14-17,19,24,26-27,29-30H,7,9-10H2,1-6H3;;/t12-,14+,15+,16-,17?,19+,21-,22+,23-;;/m1../s1. The van der Waals surface area contributed by atoms with Crippen LogP contribution in [0.3, 0.4) is 0 Å². The van der Waals surface area contributed by atoms with E-state index >= 15 is 0 Å². The Bertz CT molecular complexity index is 831. The van der Waals surface area contributed by atoms with Crippen molar-refractivity contribution >= 4 is 11.8 Å². The van der Waals surface area contributed by atoms with E-state index in [1.807, 2.05) is 0 Å². The second-order valence-electron chi connectivity index (χ2n) is 10.6. The van der Waals surface area contributed by atoms with E-state index in [4.69, 9.17) is 9.47 Å². The number of hydrogen-bond acceptors (Lipinski definition) is 9. The van der Waals surface area contributed by atoms with Gasteiger partial charge in [0.25, 0.3) is 0 Å². The topological polar surface area (TPSA) is 154 Å². The third kappa shape index (κ3) is 5.21. The van der Waals surface area contributed by atoms with E-state index in [1.54, 1.807) is 26.8 Å². The molecule has 2 radical (unpaired) electrons. The van der Waals surface area contributed by atoms with Crippen LogP contribution in [0.25, 0.3) is 0 Å². The first-order chi connectivity index (χ1) is 14.5. The average Bonchev–Trinajstić information content (AvgIpc) is 2.66. The average molecular weight is 911 g/mol. The summed E-state index contributed by atoms with van der Waals surface area (Å²) < 4.78 is 11.1. The number of aliphatic hydroxyl groups is 5. The predicted molar refractivity (Wildman–Crippen MR) is 112 cm³/mol. The second-order valence-corrected chi connectivity index (χ2v) is 10.6. The largest absolute Gasteiger partial charge is 0.459 e. The molecule has 0 aromatic carbocycles. The summed E-state index contributed by atoms with van der Waals surface area (Å²) in [6.07, 6.45) is -4.77. The molecule has 2 fully saturated rings. The molecule has 1 aliphatic heterocycles. The fraction of sp³-hybridized carbons (Fsp3) is 0.826. The van der Waals surface area contributed by atoms with Crippen molar-refractivity contribution in [2.75, 3.05) is 6.61 Å². The van der Waals surface area contributed by atoms with Crippen molar-refractivity contribution in [2.24, 2.45) is 16.7 Å². The molecule has 0 aromatic rings. The van der Waals surface area contributed by atoms with Crippen molar-refractivity contribution in [3.05, 3.63) is 11.6 Å². The Labute approximate surface area is 272 Å². The summed E-state index contributed by atoms with van der Waals surface area (Å²) in [7, 11) is 0. The Morgan fingerprint density at radius 2 is 1.74 bits per heavy atom. The van der Waals surface area contributed by atoms with Crippen molar-refractivity contribution in [1.82, 2.24) is 0 Å². The molecule has 1 saturated heterocycles. The molecule has 0 aromatic heterocycles. The van der Waals surface area contributed by atoms with Crippen LogP contribution in [0.15, 0.2) is 11.6 Å². The van der Waals surface area contributed by atoms with E-state index in [1.165, 1.54) is 13.8 Å². The number of fused-ring (bicyclic) bond motifs is 1. The zero-order valence-corrected chi connectivity index (χ0v) is 30.2. The smallest absolute Gasteiger partial charge is 0.303 e. The van der Waals surface area contributed by atoms with Crippen LogP contribution in [0.4, 0.5) is 0 Å². The third-order valence-corrected chi connectivity index (χ3v) is 8.10. The van der Waals surface area contributed by atoms with E-state index < -0.39 is 70.2 Å². The third-order valence-electron chi connectivity index (χ3n) is 8.10. The molecule has 9 atom stereocenters. The summed E-state index contributed by atoms with van der Waals surface area (Å²) in [5.74, 6) is -2.81. The zero-order valence-electron chi connectivity index (χ0n) is 20.7. The van der Waals surface area contributed by atoms with Gasteiger partial charge >= 0.3 is 5.97 Å². The summed E-state index contributed by atoms with van der Waals surface area (Å²) in [5.41, 5.74) is -5.78. The van der Waals surface area contributed by atoms with Crippen LogP contribution in [0.1, 0.15) is 54.4 Å². The minimum Gasteiger partial charge on any atom is -0.459 e. The monoisotopic (exact) mass is 910 g/mol. The van der Waals surface area contributed by atoms with Gasteiger partial charge in [0.2, 0.25) is 0 Å². The normalized spacial score (nSPS) is 42.4. The fourth-order valence-electron chi connectivity index (χ4n) is 6.06. The van der Waals surface area contributed by atoms with Crippen LogP contribution in [0.2, 0.25) is 0 Å². The van der Waals surface area contributed by atoms with Crippen molar-refractivity contribution < 1.29 is 133 Å². The van der Waals surface area contributed by atoms with Crippen LogP contribution in [0.5, 0.6) is 0 Å². The summed E-state index contributed by atoms with van der Waals surface area (Å²) in [6.45, 7) is 8.79. The van der Waals surface area contributed by atoms with Gasteiger partial charge in [0, 0.05) is 119 Å². The molecule has 5 N–H and O–H groups in total. The minimum atomic E-state index is -1.91. The summed E-state index contributed by atoms with van der Waals surface area (Å²) in [5, 5.41) is 55.5. The van der Waals surface area contributed by atoms with Crippen LogP contribution < -0.4 is 0 Å². The molecule has 1 heterocycles. The van der Waals surface area contributed by atoms with Crippen LogP contribution in [-0.4, -0.2) is 85.6 Å². The zero-order chi connectivity index (χ0) is 24.4. The molecule has 188 valence electrons. The van der Waals surface area contributed by atoms with Crippen molar-refractivity contribution in [2.45, 2.75) is 96.1 Å². The van der Waals surface area contributed by atoms with E-state index in [-0.39, 0.29) is 108 Å². The molecule has 3 rings (SSSR count). The van der Waals surface area contributed by atoms with Gasteiger partial charge in [-0.15, -0.1) is 0 Å². The van der Waals surface area contributed by atoms with Gasteiger partial charge < -0.3 is 35.0 Å². The number of carbonyl (C=O) groups is 2. The Morgan fingerprint density at radius 3 is 2.18 bits per heavy atom. The van der Waals surface area contributed by atoms with Gasteiger partial charge in [-0.25, -0.2) is 0 Å². The number of rotatable bonds is 5. The predicted octanol–water partition coefficient (Wildman–Crippen LogP) is -0.147.